The van der Waals surface area contributed by atoms with Gasteiger partial charge in [0, 0.05) is 0 Å². The van der Waals surface area contributed by atoms with Gasteiger partial charge >= 0.3 is 0 Å². The molecule has 0 rings (SSSR count). The second-order valence-electron chi connectivity index (χ2n) is 3.06. The van der Waals surface area contributed by atoms with Gasteiger partial charge in [0.05, 0.1) is 5.92 Å². The molecule has 1 radical (unpaired) electrons. The topological polar surface area (TPSA) is 34.1 Å². The van der Waals surface area contributed by atoms with E-state index in [0.29, 0.717) is 12.7 Å². The second-order valence-corrected chi connectivity index (χ2v) is 3.06. The van der Waals surface area contributed by atoms with Crippen LogP contribution in [0.3, 0.4) is 0 Å². The van der Waals surface area contributed by atoms with Gasteiger partial charge in [0.1, 0.15) is 6.29 Å². The third-order valence-corrected chi connectivity index (χ3v) is 1.93. The molecule has 0 bridgehead atoms. The molecule has 0 spiro atoms. The van der Waals surface area contributed by atoms with Gasteiger partial charge in [-0.3, -0.25) is 4.79 Å². The molecule has 0 aliphatic rings. The van der Waals surface area contributed by atoms with E-state index in [9.17, 15) is 9.59 Å². The number of carbonyl (C=O) groups is 1. The molecule has 12 heavy (non-hydrogen) atoms. The van der Waals surface area contributed by atoms with E-state index in [4.69, 9.17) is 0 Å². The summed E-state index contributed by atoms with van der Waals surface area (Å²) in [6, 6.07) is 0. The molecule has 1 unspecified atom stereocenters. The molecule has 2 nitrogen and oxygen atoms in total. The summed E-state index contributed by atoms with van der Waals surface area (Å²) in [6.07, 6.45) is 8.86. The molecule has 0 fully saturated rings. The van der Waals surface area contributed by atoms with Crippen LogP contribution in [0, 0.1) is 5.92 Å². The molecule has 0 aromatic carbocycles. The SMILES string of the molecule is CCCCCCCC([C]=O)C=O. The summed E-state index contributed by atoms with van der Waals surface area (Å²) in [5.41, 5.74) is 0. The largest absolute Gasteiger partial charge is 0.303 e. The van der Waals surface area contributed by atoms with Crippen LogP contribution in [0.2, 0.25) is 0 Å². The number of aldehydes is 1. The van der Waals surface area contributed by atoms with Crippen molar-refractivity contribution in [2.24, 2.45) is 5.92 Å². The van der Waals surface area contributed by atoms with Crippen molar-refractivity contribution >= 4 is 12.6 Å². The number of hydrogen-bond acceptors (Lipinski definition) is 2. The van der Waals surface area contributed by atoms with Crippen molar-refractivity contribution in [2.45, 2.75) is 45.4 Å². The first-order chi connectivity index (χ1) is 5.85. The van der Waals surface area contributed by atoms with Crippen LogP contribution >= 0.6 is 0 Å². The minimum atomic E-state index is -0.480. The van der Waals surface area contributed by atoms with Gasteiger partial charge in [-0.05, 0) is 6.42 Å². The van der Waals surface area contributed by atoms with Crippen molar-refractivity contribution in [2.75, 3.05) is 0 Å². The highest BCUT2D eigenvalue weighted by molar-refractivity contribution is 5.77. The Labute approximate surface area is 74.3 Å². The highest BCUT2D eigenvalue weighted by Gasteiger charge is 2.04. The summed E-state index contributed by atoms with van der Waals surface area (Å²) >= 11 is 0. The normalized spacial score (nSPS) is 10.2. The van der Waals surface area contributed by atoms with Crippen molar-refractivity contribution in [3.8, 4) is 0 Å². The van der Waals surface area contributed by atoms with Crippen molar-refractivity contribution in [3.63, 3.8) is 0 Å². The van der Waals surface area contributed by atoms with Crippen molar-refractivity contribution in [1.82, 2.24) is 0 Å². The summed E-state index contributed by atoms with van der Waals surface area (Å²) in [5, 5.41) is 0. The van der Waals surface area contributed by atoms with Gasteiger partial charge in [-0.15, -0.1) is 0 Å². The number of hydrogen-bond donors (Lipinski definition) is 0. The Morgan fingerprint density at radius 1 is 1.25 bits per heavy atom. The lowest BCUT2D eigenvalue weighted by molar-refractivity contribution is -0.109. The summed E-state index contributed by atoms with van der Waals surface area (Å²) < 4.78 is 0. The Balaban J connectivity index is 3.17. The van der Waals surface area contributed by atoms with Crippen LogP contribution < -0.4 is 0 Å². The zero-order chi connectivity index (χ0) is 9.23. The quantitative estimate of drug-likeness (QED) is 0.317. The van der Waals surface area contributed by atoms with Gasteiger partial charge in [-0.1, -0.05) is 39.0 Å². The van der Waals surface area contributed by atoms with E-state index in [1.54, 1.807) is 6.29 Å². The average Bonchev–Trinajstić information content (AvgIpc) is 2.11. The Morgan fingerprint density at radius 3 is 2.42 bits per heavy atom. The molecule has 0 N–H and O–H groups in total. The van der Waals surface area contributed by atoms with E-state index < -0.39 is 5.92 Å². The van der Waals surface area contributed by atoms with Gasteiger partial charge < -0.3 is 4.79 Å². The fourth-order valence-corrected chi connectivity index (χ4v) is 1.12. The Kier molecular flexibility index (Phi) is 7.97. The van der Waals surface area contributed by atoms with Crippen molar-refractivity contribution in [1.29, 1.82) is 0 Å². The predicted molar refractivity (Wildman–Crippen MR) is 48.6 cm³/mol. The van der Waals surface area contributed by atoms with E-state index in [2.05, 4.69) is 6.92 Å². The standard InChI is InChI=1S/C10H17O2/c1-2-3-4-5-6-7-10(8-11)9-12/h8,10H,2-7H2,1H3. The zero-order valence-corrected chi connectivity index (χ0v) is 7.71. The third kappa shape index (κ3) is 6.08. The van der Waals surface area contributed by atoms with Gasteiger partial charge in [0.15, 0.2) is 0 Å². The third-order valence-electron chi connectivity index (χ3n) is 1.93. The van der Waals surface area contributed by atoms with Crippen LogP contribution in [-0.4, -0.2) is 12.6 Å². The summed E-state index contributed by atoms with van der Waals surface area (Å²) in [6.45, 7) is 2.16. The molecular formula is C10H17O2. The van der Waals surface area contributed by atoms with Gasteiger partial charge in [0.2, 0.25) is 6.29 Å². The molecular weight excluding hydrogens is 152 g/mol. The van der Waals surface area contributed by atoms with Gasteiger partial charge in [-0.2, -0.15) is 0 Å². The maximum atomic E-state index is 10.2. The van der Waals surface area contributed by atoms with Crippen LogP contribution in [0.1, 0.15) is 45.4 Å². The Hall–Kier alpha value is -0.660. The zero-order valence-electron chi connectivity index (χ0n) is 7.71. The van der Waals surface area contributed by atoms with E-state index in [1.807, 2.05) is 0 Å². The first-order valence-corrected chi connectivity index (χ1v) is 4.68. The fourth-order valence-electron chi connectivity index (χ4n) is 1.12. The average molecular weight is 169 g/mol. The number of unbranched alkanes of at least 4 members (excludes halogenated alkanes) is 4. The van der Waals surface area contributed by atoms with Crippen LogP contribution in [-0.2, 0) is 9.59 Å². The maximum Gasteiger partial charge on any atom is 0.209 e. The second kappa shape index (κ2) is 8.44. The highest BCUT2D eigenvalue weighted by Crippen LogP contribution is 2.08. The monoisotopic (exact) mass is 169 g/mol. The minimum Gasteiger partial charge on any atom is -0.303 e. The number of rotatable bonds is 8. The summed E-state index contributed by atoms with van der Waals surface area (Å²) in [5.74, 6) is -0.480. The van der Waals surface area contributed by atoms with Crippen LogP contribution in [0.25, 0.3) is 0 Å². The molecule has 0 aromatic rings. The van der Waals surface area contributed by atoms with E-state index in [-0.39, 0.29) is 0 Å². The molecule has 1 atom stereocenters. The first-order valence-electron chi connectivity index (χ1n) is 4.68. The van der Waals surface area contributed by atoms with E-state index in [1.165, 1.54) is 19.3 Å². The molecule has 0 aliphatic carbocycles. The molecule has 0 saturated carbocycles. The summed E-state index contributed by atoms with van der Waals surface area (Å²) in [4.78, 5) is 20.3. The molecule has 2 heteroatoms. The lowest BCUT2D eigenvalue weighted by Crippen LogP contribution is -2.02. The van der Waals surface area contributed by atoms with Crippen molar-refractivity contribution in [3.05, 3.63) is 0 Å². The van der Waals surface area contributed by atoms with E-state index >= 15 is 0 Å². The highest BCUT2D eigenvalue weighted by atomic mass is 16.1. The van der Waals surface area contributed by atoms with Gasteiger partial charge in [0.25, 0.3) is 0 Å². The lowest BCUT2D eigenvalue weighted by Gasteiger charge is -2.00. The minimum absolute atomic E-state index is 0.480. The first kappa shape index (κ1) is 11.3. The van der Waals surface area contributed by atoms with Crippen LogP contribution in [0.4, 0.5) is 0 Å². The molecule has 0 heterocycles. The molecule has 0 saturated heterocycles. The molecule has 0 amide bonds. The Bertz CT molecular complexity index is 113. The predicted octanol–water partition coefficient (Wildman–Crippen LogP) is 2.27. The lowest BCUT2D eigenvalue weighted by atomic mass is 10.0. The Morgan fingerprint density at radius 2 is 1.92 bits per heavy atom. The fraction of sp³-hybridized carbons (Fsp3) is 0.800. The van der Waals surface area contributed by atoms with Crippen molar-refractivity contribution < 1.29 is 9.59 Å². The summed E-state index contributed by atoms with van der Waals surface area (Å²) in [7, 11) is 0. The number of carbonyl (C=O) groups excluding carboxylic acids is 2. The molecule has 0 aromatic heterocycles. The smallest absolute Gasteiger partial charge is 0.209 e. The van der Waals surface area contributed by atoms with E-state index in [0.717, 1.165) is 12.8 Å². The molecule has 0 aliphatic heterocycles. The maximum absolute atomic E-state index is 10.2. The molecule has 69 valence electrons. The van der Waals surface area contributed by atoms with Gasteiger partial charge in [-0.25, -0.2) is 0 Å². The van der Waals surface area contributed by atoms with Crippen LogP contribution in [0.15, 0.2) is 0 Å². The van der Waals surface area contributed by atoms with Crippen LogP contribution in [0.5, 0.6) is 0 Å².